The van der Waals surface area contributed by atoms with E-state index in [9.17, 15) is 4.79 Å². The predicted molar refractivity (Wildman–Crippen MR) is 121 cm³/mol. The number of nitrogens with one attached hydrogen (secondary N) is 1. The summed E-state index contributed by atoms with van der Waals surface area (Å²) in [4.78, 5) is 25.4. The van der Waals surface area contributed by atoms with Crippen LogP contribution in [0.4, 0.5) is 5.13 Å². The normalized spacial score (nSPS) is 21.9. The van der Waals surface area contributed by atoms with E-state index in [0.717, 1.165) is 40.0 Å². The van der Waals surface area contributed by atoms with Crippen molar-refractivity contribution >= 4 is 22.4 Å². The van der Waals surface area contributed by atoms with Gasteiger partial charge in [-0.25, -0.2) is 4.98 Å². The lowest BCUT2D eigenvalue weighted by Crippen LogP contribution is -2.45. The van der Waals surface area contributed by atoms with E-state index < -0.39 is 0 Å². The van der Waals surface area contributed by atoms with E-state index in [1.807, 2.05) is 13.8 Å². The Morgan fingerprint density at radius 2 is 1.93 bits per heavy atom. The Hall–Kier alpha value is -1.99. The van der Waals surface area contributed by atoms with E-state index in [0.29, 0.717) is 12.5 Å². The van der Waals surface area contributed by atoms with Crippen LogP contribution >= 0.6 is 11.3 Å². The zero-order valence-electron chi connectivity index (χ0n) is 18.6. The number of pyridine rings is 1. The van der Waals surface area contributed by atoms with E-state index in [2.05, 4.69) is 43.1 Å². The number of rotatable bonds is 6. The van der Waals surface area contributed by atoms with Crippen molar-refractivity contribution < 1.29 is 9.53 Å². The molecular weight excluding hydrogens is 396 g/mol. The fraction of sp³-hybridized carbons (Fsp3) is 0.609. The SMILES string of the molecule is Cc1cc(-c2sc(N3C[C@@H](C)O[C@@H](C)C3)nc2CNC(=O)C(C)C)cc(C2CC2)n1. The van der Waals surface area contributed by atoms with Gasteiger partial charge in [0.15, 0.2) is 5.13 Å². The van der Waals surface area contributed by atoms with Gasteiger partial charge in [-0.3, -0.25) is 9.78 Å². The fourth-order valence-corrected chi connectivity index (χ4v) is 5.03. The summed E-state index contributed by atoms with van der Waals surface area (Å²) in [5.41, 5.74) is 4.32. The molecule has 0 aromatic carbocycles. The maximum absolute atomic E-state index is 12.2. The number of nitrogens with zero attached hydrogens (tertiary/aromatic N) is 3. The Labute approximate surface area is 183 Å². The van der Waals surface area contributed by atoms with Gasteiger partial charge in [0.1, 0.15) is 0 Å². The average molecular weight is 429 g/mol. The number of hydrogen-bond donors (Lipinski definition) is 1. The maximum atomic E-state index is 12.2. The van der Waals surface area contributed by atoms with Crippen molar-refractivity contribution in [3.8, 4) is 10.4 Å². The van der Waals surface area contributed by atoms with E-state index >= 15 is 0 Å². The summed E-state index contributed by atoms with van der Waals surface area (Å²) in [6.45, 7) is 12.2. The van der Waals surface area contributed by atoms with Gasteiger partial charge >= 0.3 is 0 Å². The van der Waals surface area contributed by atoms with Gasteiger partial charge in [0.25, 0.3) is 0 Å². The molecule has 0 unspecified atom stereocenters. The van der Waals surface area contributed by atoms with Crippen LogP contribution in [-0.4, -0.2) is 41.2 Å². The first-order chi connectivity index (χ1) is 14.3. The number of amides is 1. The Balaban J connectivity index is 1.68. The summed E-state index contributed by atoms with van der Waals surface area (Å²) in [6, 6.07) is 4.36. The molecular formula is C23H32N4O2S. The number of carbonyl (C=O) groups is 1. The molecule has 2 aromatic heterocycles. The third-order valence-electron chi connectivity index (χ3n) is 5.56. The number of ether oxygens (including phenoxy) is 1. The number of anilines is 1. The van der Waals surface area contributed by atoms with Crippen LogP contribution in [0.2, 0.25) is 0 Å². The first-order valence-corrected chi connectivity index (χ1v) is 11.8. The lowest BCUT2D eigenvalue weighted by atomic mass is 10.1. The molecule has 30 heavy (non-hydrogen) atoms. The quantitative estimate of drug-likeness (QED) is 0.744. The number of hydrogen-bond acceptors (Lipinski definition) is 6. The zero-order valence-corrected chi connectivity index (χ0v) is 19.4. The number of aromatic nitrogens is 2. The van der Waals surface area contributed by atoms with E-state index in [4.69, 9.17) is 14.7 Å². The number of aryl methyl sites for hydroxylation is 1. The van der Waals surface area contributed by atoms with Crippen LogP contribution in [0.3, 0.4) is 0 Å². The van der Waals surface area contributed by atoms with Crippen molar-refractivity contribution in [1.82, 2.24) is 15.3 Å². The lowest BCUT2D eigenvalue weighted by Gasteiger charge is -2.35. The molecule has 0 radical (unpaired) electrons. The van der Waals surface area contributed by atoms with Crippen LogP contribution < -0.4 is 10.2 Å². The largest absolute Gasteiger partial charge is 0.372 e. The molecule has 0 spiro atoms. The van der Waals surface area contributed by atoms with Crippen molar-refractivity contribution in [1.29, 1.82) is 0 Å². The molecule has 2 aliphatic rings. The standard InChI is InChI=1S/C23H32N4O2S/c1-13(2)22(28)24-10-20-21(18-8-14(3)25-19(9-18)17-6-7-17)30-23(26-20)27-11-15(4)29-16(5)12-27/h8-9,13,15-17H,6-7,10-12H2,1-5H3,(H,24,28)/t15-,16+. The van der Waals surface area contributed by atoms with Crippen molar-refractivity contribution in [3.05, 3.63) is 29.2 Å². The Bertz CT molecular complexity index is 912. The highest BCUT2D eigenvalue weighted by Crippen LogP contribution is 2.42. The van der Waals surface area contributed by atoms with Gasteiger partial charge in [-0.2, -0.15) is 0 Å². The molecule has 1 amide bonds. The van der Waals surface area contributed by atoms with Crippen molar-refractivity contribution in [2.75, 3.05) is 18.0 Å². The third-order valence-corrected chi connectivity index (χ3v) is 6.77. The number of morpholine rings is 1. The van der Waals surface area contributed by atoms with E-state index in [1.165, 1.54) is 18.5 Å². The molecule has 2 aromatic rings. The maximum Gasteiger partial charge on any atom is 0.222 e. The van der Waals surface area contributed by atoms with Gasteiger partial charge in [0, 0.05) is 36.3 Å². The highest BCUT2D eigenvalue weighted by atomic mass is 32.1. The molecule has 7 heteroatoms. The van der Waals surface area contributed by atoms with Gasteiger partial charge in [-0.1, -0.05) is 25.2 Å². The highest BCUT2D eigenvalue weighted by molar-refractivity contribution is 7.19. The minimum absolute atomic E-state index is 0.0443. The lowest BCUT2D eigenvalue weighted by molar-refractivity contribution is -0.124. The van der Waals surface area contributed by atoms with Gasteiger partial charge in [0.05, 0.1) is 29.3 Å². The first kappa shape index (κ1) is 21.2. The topological polar surface area (TPSA) is 67.3 Å². The molecule has 1 saturated heterocycles. The molecule has 1 saturated carbocycles. The molecule has 1 aliphatic heterocycles. The summed E-state index contributed by atoms with van der Waals surface area (Å²) >= 11 is 1.71. The second-order valence-corrected chi connectivity index (χ2v) is 9.98. The summed E-state index contributed by atoms with van der Waals surface area (Å²) in [5, 5.41) is 4.06. The van der Waals surface area contributed by atoms with E-state index in [1.54, 1.807) is 11.3 Å². The minimum Gasteiger partial charge on any atom is -0.372 e. The second-order valence-electron chi connectivity index (χ2n) is 9.00. The van der Waals surface area contributed by atoms with Crippen LogP contribution in [-0.2, 0) is 16.1 Å². The molecule has 3 heterocycles. The monoisotopic (exact) mass is 428 g/mol. The number of carbonyl (C=O) groups excluding carboxylic acids is 1. The summed E-state index contributed by atoms with van der Waals surface area (Å²) in [6.07, 6.45) is 2.81. The minimum atomic E-state index is -0.0443. The van der Waals surface area contributed by atoms with Gasteiger partial charge in [-0.15, -0.1) is 0 Å². The van der Waals surface area contributed by atoms with Crippen LogP contribution in [0, 0.1) is 12.8 Å². The highest BCUT2D eigenvalue weighted by Gasteiger charge is 2.28. The molecule has 2 atom stereocenters. The van der Waals surface area contributed by atoms with Crippen LogP contribution in [0.1, 0.15) is 63.5 Å². The second kappa shape index (κ2) is 8.63. The molecule has 0 bridgehead atoms. The van der Waals surface area contributed by atoms with Gasteiger partial charge < -0.3 is 15.0 Å². The fourth-order valence-electron chi connectivity index (χ4n) is 3.94. The Morgan fingerprint density at radius 1 is 1.23 bits per heavy atom. The van der Waals surface area contributed by atoms with Crippen LogP contribution in [0.5, 0.6) is 0 Å². The van der Waals surface area contributed by atoms with Crippen molar-refractivity contribution in [2.45, 2.75) is 72.1 Å². The molecule has 1 N–H and O–H groups in total. The Morgan fingerprint density at radius 3 is 2.57 bits per heavy atom. The molecule has 4 rings (SSSR count). The van der Waals surface area contributed by atoms with E-state index in [-0.39, 0.29) is 24.0 Å². The molecule has 6 nitrogen and oxygen atoms in total. The summed E-state index contributed by atoms with van der Waals surface area (Å²) < 4.78 is 5.90. The van der Waals surface area contributed by atoms with Gasteiger partial charge in [-0.05, 0) is 51.3 Å². The van der Waals surface area contributed by atoms with Gasteiger partial charge in [0.2, 0.25) is 5.91 Å². The first-order valence-electron chi connectivity index (χ1n) is 11.0. The smallest absolute Gasteiger partial charge is 0.222 e. The predicted octanol–water partition coefficient (Wildman–Crippen LogP) is 4.28. The summed E-state index contributed by atoms with van der Waals surface area (Å²) in [5.74, 6) is 0.604. The Kier molecular flexibility index (Phi) is 6.11. The van der Waals surface area contributed by atoms with Crippen LogP contribution in [0.25, 0.3) is 10.4 Å². The third kappa shape index (κ3) is 4.83. The molecule has 1 aliphatic carbocycles. The van der Waals surface area contributed by atoms with Crippen molar-refractivity contribution in [3.63, 3.8) is 0 Å². The van der Waals surface area contributed by atoms with Crippen molar-refractivity contribution in [2.24, 2.45) is 5.92 Å². The molecule has 2 fully saturated rings. The zero-order chi connectivity index (χ0) is 21.4. The van der Waals surface area contributed by atoms with Crippen LogP contribution in [0.15, 0.2) is 12.1 Å². The number of thiazole rings is 1. The molecule has 162 valence electrons. The summed E-state index contributed by atoms with van der Waals surface area (Å²) in [7, 11) is 0. The average Bonchev–Trinajstić information content (AvgIpc) is 3.44.